The molecule has 0 bridgehead atoms. The Balaban J connectivity index is 2.19. The molecule has 2 N–H and O–H groups in total. The normalized spacial score (nSPS) is 13.2. The van der Waals surface area contributed by atoms with Gasteiger partial charge in [0.05, 0.1) is 21.6 Å². The van der Waals surface area contributed by atoms with Crippen LogP contribution in [0.1, 0.15) is 30.4 Å². The van der Waals surface area contributed by atoms with Crippen LogP contribution in [0.25, 0.3) is 10.8 Å². The van der Waals surface area contributed by atoms with Gasteiger partial charge in [0.25, 0.3) is 0 Å². The van der Waals surface area contributed by atoms with E-state index in [4.69, 9.17) is 10.7 Å². The van der Waals surface area contributed by atoms with E-state index in [0.717, 1.165) is 45.2 Å². The van der Waals surface area contributed by atoms with Crippen molar-refractivity contribution in [3.8, 4) is 5.82 Å². The number of aryl methyl sites for hydroxylation is 1. The lowest BCUT2D eigenvalue weighted by molar-refractivity contribution is 0.628. The van der Waals surface area contributed by atoms with Crippen molar-refractivity contribution < 1.29 is 0 Å². The molecule has 0 spiro atoms. The van der Waals surface area contributed by atoms with Crippen molar-refractivity contribution in [2.75, 3.05) is 0 Å². The van der Waals surface area contributed by atoms with E-state index >= 15 is 0 Å². The highest BCUT2D eigenvalue weighted by molar-refractivity contribution is 9.10. The number of rotatable bonds is 4. The summed E-state index contributed by atoms with van der Waals surface area (Å²) in [7, 11) is 0. The molecule has 0 aliphatic rings. The van der Waals surface area contributed by atoms with E-state index in [-0.39, 0.29) is 6.04 Å². The van der Waals surface area contributed by atoms with Crippen molar-refractivity contribution in [1.29, 1.82) is 0 Å². The summed E-state index contributed by atoms with van der Waals surface area (Å²) < 4.78 is 5.07. The number of hydrogen-bond donors (Lipinski definition) is 1. The van der Waals surface area contributed by atoms with Crippen LogP contribution in [-0.4, -0.2) is 25.2 Å². The monoisotopic (exact) mass is 367 g/mol. The number of nitrogens with zero attached hydrogens (tertiary/aromatic N) is 4. The average molecular weight is 368 g/mol. The molecule has 3 rings (SSSR count). The van der Waals surface area contributed by atoms with Gasteiger partial charge in [-0.2, -0.15) is 10.1 Å². The van der Waals surface area contributed by atoms with E-state index in [1.54, 1.807) is 11.3 Å². The summed E-state index contributed by atoms with van der Waals surface area (Å²) in [4.78, 5) is 5.73. The summed E-state index contributed by atoms with van der Waals surface area (Å²) in [5, 5.41) is 6.65. The van der Waals surface area contributed by atoms with Crippen LogP contribution in [-0.2, 0) is 6.42 Å². The number of halogens is 1. The molecule has 3 aromatic heterocycles. The Morgan fingerprint density at radius 2 is 2.19 bits per heavy atom. The van der Waals surface area contributed by atoms with Crippen molar-refractivity contribution >= 4 is 32.2 Å². The van der Waals surface area contributed by atoms with Crippen LogP contribution in [0.3, 0.4) is 0 Å². The zero-order valence-corrected chi connectivity index (χ0v) is 14.7. The van der Waals surface area contributed by atoms with E-state index < -0.39 is 0 Å². The Morgan fingerprint density at radius 3 is 2.81 bits per heavy atom. The molecule has 0 aliphatic carbocycles. The van der Waals surface area contributed by atoms with Crippen LogP contribution in [0.15, 0.2) is 16.0 Å². The van der Waals surface area contributed by atoms with Gasteiger partial charge in [0.1, 0.15) is 0 Å². The van der Waals surface area contributed by atoms with Crippen LogP contribution in [0.2, 0.25) is 0 Å². The Labute approximate surface area is 135 Å². The molecule has 0 saturated carbocycles. The molecule has 0 fully saturated rings. The SMILES string of the molecule is CCC(N)Cc1c(-n2nc(C)c(Br)c2C)nc2sccn12. The minimum Gasteiger partial charge on any atom is -0.327 e. The maximum Gasteiger partial charge on any atom is 0.195 e. The lowest BCUT2D eigenvalue weighted by Crippen LogP contribution is -2.23. The molecule has 0 aromatic carbocycles. The quantitative estimate of drug-likeness (QED) is 0.769. The summed E-state index contributed by atoms with van der Waals surface area (Å²) >= 11 is 5.21. The minimum atomic E-state index is 0.129. The van der Waals surface area contributed by atoms with Gasteiger partial charge in [-0.1, -0.05) is 6.92 Å². The number of aromatic nitrogens is 4. The fourth-order valence-electron chi connectivity index (χ4n) is 2.40. The fourth-order valence-corrected chi connectivity index (χ4v) is 3.38. The van der Waals surface area contributed by atoms with Gasteiger partial charge >= 0.3 is 0 Å². The molecule has 0 saturated heterocycles. The van der Waals surface area contributed by atoms with Crippen LogP contribution in [0.4, 0.5) is 0 Å². The Kier molecular flexibility index (Phi) is 3.90. The van der Waals surface area contributed by atoms with Crippen LogP contribution in [0.5, 0.6) is 0 Å². The van der Waals surface area contributed by atoms with Crippen molar-refractivity contribution in [3.05, 3.63) is 33.1 Å². The average Bonchev–Trinajstić information content (AvgIpc) is 3.11. The molecule has 21 heavy (non-hydrogen) atoms. The molecule has 7 heteroatoms. The van der Waals surface area contributed by atoms with Crippen molar-refractivity contribution in [2.24, 2.45) is 5.73 Å². The van der Waals surface area contributed by atoms with E-state index in [0.29, 0.717) is 0 Å². The summed E-state index contributed by atoms with van der Waals surface area (Å²) in [5.74, 6) is 0.886. The number of hydrogen-bond acceptors (Lipinski definition) is 4. The van der Waals surface area contributed by atoms with Crippen molar-refractivity contribution in [1.82, 2.24) is 19.2 Å². The van der Waals surface area contributed by atoms with Gasteiger partial charge in [0.15, 0.2) is 10.8 Å². The summed E-state index contributed by atoms with van der Waals surface area (Å²) in [6.07, 6.45) is 3.78. The molecule has 5 nitrogen and oxygen atoms in total. The van der Waals surface area contributed by atoms with Gasteiger partial charge in [-0.25, -0.2) is 4.68 Å². The van der Waals surface area contributed by atoms with Crippen molar-refractivity contribution in [2.45, 2.75) is 39.7 Å². The number of thiazole rings is 1. The van der Waals surface area contributed by atoms with Gasteiger partial charge in [-0.3, -0.25) is 4.40 Å². The summed E-state index contributed by atoms with van der Waals surface area (Å²) in [6, 6.07) is 0.129. The van der Waals surface area contributed by atoms with Crippen LogP contribution < -0.4 is 5.73 Å². The second-order valence-corrected chi connectivity index (χ2v) is 6.87. The summed E-state index contributed by atoms with van der Waals surface area (Å²) in [6.45, 7) is 6.14. The Bertz CT molecular complexity index is 785. The predicted molar refractivity (Wildman–Crippen MR) is 89.3 cm³/mol. The molecule has 0 amide bonds. The first-order valence-electron chi connectivity index (χ1n) is 6.95. The molecule has 3 aromatic rings. The van der Waals surface area contributed by atoms with E-state index in [1.807, 2.05) is 23.9 Å². The maximum atomic E-state index is 6.17. The fraction of sp³-hybridized carbons (Fsp3) is 0.429. The topological polar surface area (TPSA) is 61.1 Å². The van der Waals surface area contributed by atoms with E-state index in [1.165, 1.54) is 0 Å². The van der Waals surface area contributed by atoms with E-state index in [9.17, 15) is 0 Å². The first-order chi connectivity index (χ1) is 10.0. The molecule has 0 aliphatic heterocycles. The van der Waals surface area contributed by atoms with Gasteiger partial charge in [0, 0.05) is 24.0 Å². The van der Waals surface area contributed by atoms with E-state index in [2.05, 4.69) is 38.5 Å². The van der Waals surface area contributed by atoms with Crippen LogP contribution in [0, 0.1) is 13.8 Å². The third-order valence-corrected chi connectivity index (χ3v) is 5.63. The molecule has 0 radical (unpaired) electrons. The van der Waals surface area contributed by atoms with Gasteiger partial charge < -0.3 is 5.73 Å². The molecule has 3 heterocycles. The number of fused-ring (bicyclic) bond motifs is 1. The second-order valence-electron chi connectivity index (χ2n) is 5.21. The third-order valence-electron chi connectivity index (χ3n) is 3.72. The van der Waals surface area contributed by atoms with Gasteiger partial charge in [0.2, 0.25) is 0 Å². The zero-order chi connectivity index (χ0) is 15.1. The molecular weight excluding hydrogens is 350 g/mol. The highest BCUT2D eigenvalue weighted by atomic mass is 79.9. The number of nitrogens with two attached hydrogens (primary N) is 1. The predicted octanol–water partition coefficient (Wildman–Crippen LogP) is 3.24. The molecular formula is C14H18BrN5S. The second kappa shape index (κ2) is 5.55. The largest absolute Gasteiger partial charge is 0.327 e. The molecule has 112 valence electrons. The lowest BCUT2D eigenvalue weighted by atomic mass is 10.1. The minimum absolute atomic E-state index is 0.129. The number of imidazole rings is 1. The molecule has 1 atom stereocenters. The molecule has 1 unspecified atom stereocenters. The first-order valence-corrected chi connectivity index (χ1v) is 8.62. The maximum absolute atomic E-state index is 6.17. The van der Waals surface area contributed by atoms with Gasteiger partial charge in [-0.15, -0.1) is 11.3 Å². The van der Waals surface area contributed by atoms with Crippen molar-refractivity contribution in [3.63, 3.8) is 0 Å². The smallest absolute Gasteiger partial charge is 0.195 e. The highest BCUT2D eigenvalue weighted by Gasteiger charge is 2.20. The Morgan fingerprint density at radius 1 is 1.43 bits per heavy atom. The lowest BCUT2D eigenvalue weighted by Gasteiger charge is -2.10. The van der Waals surface area contributed by atoms with Crippen LogP contribution >= 0.6 is 27.3 Å². The summed E-state index contributed by atoms with van der Waals surface area (Å²) in [5.41, 5.74) is 9.32. The third kappa shape index (κ3) is 2.43. The highest BCUT2D eigenvalue weighted by Crippen LogP contribution is 2.27. The van der Waals surface area contributed by atoms with Gasteiger partial charge in [-0.05, 0) is 36.2 Å². The standard InChI is InChI=1S/C14H18BrN5S/c1-4-10(16)7-11-13(17-14-19(11)5-6-21-14)20-9(3)12(15)8(2)18-20/h5-6,10H,4,7,16H2,1-3H3. The first kappa shape index (κ1) is 14.7. The zero-order valence-electron chi connectivity index (χ0n) is 12.3. The Hall–Kier alpha value is -1.18.